The van der Waals surface area contributed by atoms with Crippen molar-refractivity contribution in [3.63, 3.8) is 0 Å². The van der Waals surface area contributed by atoms with Crippen molar-refractivity contribution in [2.24, 2.45) is 0 Å². The molecule has 1 heterocycles. The third-order valence-corrected chi connectivity index (χ3v) is 3.43. The largest absolute Gasteiger partial charge is 0.385 e. The maximum absolute atomic E-state index is 13.8. The van der Waals surface area contributed by atoms with Crippen LogP contribution in [-0.2, 0) is 4.74 Å². The van der Waals surface area contributed by atoms with Crippen molar-refractivity contribution < 1.29 is 9.13 Å². The van der Waals surface area contributed by atoms with Gasteiger partial charge in [0.1, 0.15) is 11.3 Å². The summed E-state index contributed by atoms with van der Waals surface area (Å²) in [5.41, 5.74) is 1.17. The fourth-order valence-electron chi connectivity index (χ4n) is 2.26. The minimum Gasteiger partial charge on any atom is -0.385 e. The van der Waals surface area contributed by atoms with Gasteiger partial charge in [0.15, 0.2) is 5.82 Å². The minimum atomic E-state index is -0.311. The Morgan fingerprint density at radius 2 is 2.16 bits per heavy atom. The zero-order valence-electron chi connectivity index (χ0n) is 11.4. The van der Waals surface area contributed by atoms with Crippen LogP contribution in [0.5, 0.6) is 0 Å². The van der Waals surface area contributed by atoms with Gasteiger partial charge >= 0.3 is 0 Å². The number of ether oxygens (including phenoxy) is 1. The van der Waals surface area contributed by atoms with Crippen LogP contribution in [0.25, 0.3) is 11.0 Å². The Kier molecular flexibility index (Phi) is 4.42. The molecule has 1 aromatic carbocycles. The summed E-state index contributed by atoms with van der Waals surface area (Å²) in [5.74, 6) is 0.388. The first-order chi connectivity index (χ1) is 9.06. The van der Waals surface area contributed by atoms with Crippen LogP contribution in [0.15, 0.2) is 18.2 Å². The van der Waals surface area contributed by atoms with Crippen molar-refractivity contribution in [1.29, 1.82) is 0 Å². The Morgan fingerprint density at radius 3 is 2.79 bits per heavy atom. The number of halogens is 2. The van der Waals surface area contributed by atoms with Gasteiger partial charge in [-0.1, -0.05) is 6.07 Å². The molecule has 2 aromatic rings. The van der Waals surface area contributed by atoms with Gasteiger partial charge in [0, 0.05) is 19.8 Å². The lowest BCUT2D eigenvalue weighted by Gasteiger charge is -2.18. The lowest BCUT2D eigenvalue weighted by molar-refractivity contribution is 0.181. The molecule has 5 heteroatoms. The van der Waals surface area contributed by atoms with Gasteiger partial charge in [-0.3, -0.25) is 0 Å². The van der Waals surface area contributed by atoms with Crippen molar-refractivity contribution in [3.8, 4) is 0 Å². The van der Waals surface area contributed by atoms with E-state index in [4.69, 9.17) is 16.3 Å². The molecule has 3 nitrogen and oxygen atoms in total. The molecule has 2 unspecified atom stereocenters. The van der Waals surface area contributed by atoms with Gasteiger partial charge in [-0.15, -0.1) is 11.6 Å². The summed E-state index contributed by atoms with van der Waals surface area (Å²) < 4.78 is 20.9. The highest BCUT2D eigenvalue weighted by Crippen LogP contribution is 2.30. The molecule has 0 aliphatic rings. The van der Waals surface area contributed by atoms with Gasteiger partial charge in [-0.05, 0) is 32.4 Å². The summed E-state index contributed by atoms with van der Waals surface area (Å²) in [6, 6.07) is 5.14. The number of methoxy groups -OCH3 is 1. The van der Waals surface area contributed by atoms with Gasteiger partial charge in [0.25, 0.3) is 0 Å². The Hall–Kier alpha value is -1.13. The number of benzene rings is 1. The summed E-state index contributed by atoms with van der Waals surface area (Å²) in [6.07, 6.45) is 0.828. The van der Waals surface area contributed by atoms with Gasteiger partial charge in [0.05, 0.1) is 10.9 Å². The molecule has 0 N–H and O–H groups in total. The Bertz CT molecular complexity index is 568. The molecular formula is C14H18ClFN2O. The molecule has 0 bridgehead atoms. The van der Waals surface area contributed by atoms with Crippen LogP contribution in [0.4, 0.5) is 4.39 Å². The number of aromatic nitrogens is 2. The SMILES string of the molecule is COCCC(C)n1c(C(C)Cl)nc2c(F)cccc21. The van der Waals surface area contributed by atoms with Crippen LogP contribution >= 0.6 is 11.6 Å². The van der Waals surface area contributed by atoms with E-state index in [0.29, 0.717) is 17.9 Å². The molecule has 0 fully saturated rings. The van der Waals surface area contributed by atoms with E-state index in [1.807, 2.05) is 17.6 Å². The molecule has 0 aliphatic carbocycles. The average Bonchev–Trinajstić information content (AvgIpc) is 2.77. The highest BCUT2D eigenvalue weighted by Gasteiger charge is 2.20. The number of imidazole rings is 1. The monoisotopic (exact) mass is 284 g/mol. The molecule has 19 heavy (non-hydrogen) atoms. The summed E-state index contributed by atoms with van der Waals surface area (Å²) in [6.45, 7) is 4.56. The molecular weight excluding hydrogens is 267 g/mol. The molecule has 0 spiro atoms. The van der Waals surface area contributed by atoms with E-state index in [9.17, 15) is 4.39 Å². The Balaban J connectivity index is 2.55. The Labute approximate surface area is 117 Å². The lowest BCUT2D eigenvalue weighted by Crippen LogP contribution is -2.11. The minimum absolute atomic E-state index is 0.156. The third-order valence-electron chi connectivity index (χ3n) is 3.23. The van der Waals surface area contributed by atoms with Gasteiger partial charge in [0.2, 0.25) is 0 Å². The lowest BCUT2D eigenvalue weighted by atomic mass is 10.2. The highest BCUT2D eigenvalue weighted by molar-refractivity contribution is 6.20. The second kappa shape index (κ2) is 5.88. The van der Waals surface area contributed by atoms with Crippen LogP contribution in [0.2, 0.25) is 0 Å². The smallest absolute Gasteiger partial charge is 0.151 e. The van der Waals surface area contributed by atoms with Crippen LogP contribution < -0.4 is 0 Å². The van der Waals surface area contributed by atoms with Gasteiger partial charge in [-0.25, -0.2) is 9.37 Å². The standard InChI is InChI=1S/C14H18ClFN2O/c1-9(7-8-19-3)18-12-6-4-5-11(16)13(12)17-14(18)10(2)15/h4-6,9-10H,7-8H2,1-3H3. The van der Waals surface area contributed by atoms with Crippen molar-refractivity contribution in [1.82, 2.24) is 9.55 Å². The summed E-state index contributed by atoms with van der Waals surface area (Å²) in [4.78, 5) is 4.36. The van der Waals surface area contributed by atoms with Crippen molar-refractivity contribution in [2.75, 3.05) is 13.7 Å². The Morgan fingerprint density at radius 1 is 1.42 bits per heavy atom. The number of fused-ring (bicyclic) bond motifs is 1. The molecule has 2 rings (SSSR count). The quantitative estimate of drug-likeness (QED) is 0.774. The molecule has 0 radical (unpaired) electrons. The second-order valence-corrected chi connectivity index (χ2v) is 5.35. The number of para-hydroxylation sites is 1. The topological polar surface area (TPSA) is 27.1 Å². The molecule has 1 aromatic heterocycles. The van der Waals surface area contributed by atoms with E-state index >= 15 is 0 Å². The first-order valence-electron chi connectivity index (χ1n) is 6.35. The maximum atomic E-state index is 13.8. The van der Waals surface area contributed by atoms with Crippen LogP contribution in [0.3, 0.4) is 0 Å². The number of nitrogens with zero attached hydrogens (tertiary/aromatic N) is 2. The van der Waals surface area contributed by atoms with Crippen LogP contribution in [-0.4, -0.2) is 23.3 Å². The number of hydrogen-bond acceptors (Lipinski definition) is 2. The fourth-order valence-corrected chi connectivity index (χ4v) is 2.42. The average molecular weight is 285 g/mol. The predicted molar refractivity (Wildman–Crippen MR) is 75.2 cm³/mol. The molecule has 0 aliphatic heterocycles. The van der Waals surface area contributed by atoms with E-state index in [2.05, 4.69) is 11.9 Å². The van der Waals surface area contributed by atoms with E-state index in [-0.39, 0.29) is 17.2 Å². The zero-order chi connectivity index (χ0) is 14.0. The van der Waals surface area contributed by atoms with Crippen molar-refractivity contribution >= 4 is 22.6 Å². The molecule has 0 amide bonds. The fraction of sp³-hybridized carbons (Fsp3) is 0.500. The predicted octanol–water partition coefficient (Wildman–Crippen LogP) is 4.07. The van der Waals surface area contributed by atoms with Crippen LogP contribution in [0.1, 0.15) is 37.5 Å². The van der Waals surface area contributed by atoms with Crippen LogP contribution in [0, 0.1) is 5.82 Å². The van der Waals surface area contributed by atoms with E-state index in [1.54, 1.807) is 13.2 Å². The van der Waals surface area contributed by atoms with Crippen molar-refractivity contribution in [3.05, 3.63) is 29.8 Å². The first-order valence-corrected chi connectivity index (χ1v) is 6.79. The number of hydrogen-bond donors (Lipinski definition) is 0. The van der Waals surface area contributed by atoms with Crippen molar-refractivity contribution in [2.45, 2.75) is 31.7 Å². The molecule has 104 valence electrons. The third kappa shape index (κ3) is 2.74. The first kappa shape index (κ1) is 14.3. The van der Waals surface area contributed by atoms with E-state index in [1.165, 1.54) is 6.07 Å². The number of alkyl halides is 1. The summed E-state index contributed by atoms with van der Waals surface area (Å²) in [7, 11) is 1.67. The van der Waals surface area contributed by atoms with Gasteiger partial charge < -0.3 is 9.30 Å². The summed E-state index contributed by atoms with van der Waals surface area (Å²) >= 11 is 6.17. The normalized spacial score (nSPS) is 14.8. The zero-order valence-corrected chi connectivity index (χ0v) is 12.1. The van der Waals surface area contributed by atoms with E-state index in [0.717, 1.165) is 11.9 Å². The highest BCUT2D eigenvalue weighted by atomic mass is 35.5. The molecule has 2 atom stereocenters. The second-order valence-electron chi connectivity index (χ2n) is 4.69. The van der Waals surface area contributed by atoms with Gasteiger partial charge in [-0.2, -0.15) is 0 Å². The summed E-state index contributed by atoms with van der Waals surface area (Å²) in [5, 5.41) is -0.267. The maximum Gasteiger partial charge on any atom is 0.151 e. The van der Waals surface area contributed by atoms with E-state index < -0.39 is 0 Å². The molecule has 0 saturated heterocycles. The molecule has 0 saturated carbocycles. The number of rotatable bonds is 5.